The minimum absolute atomic E-state index is 0.112. The van der Waals surface area contributed by atoms with Gasteiger partial charge in [-0.15, -0.1) is 6.58 Å². The van der Waals surface area contributed by atoms with Crippen molar-refractivity contribution in [2.75, 3.05) is 33.5 Å². The summed E-state index contributed by atoms with van der Waals surface area (Å²) in [5, 5.41) is 3.52. The largest absolute Gasteiger partial charge is 0.415 e. The Morgan fingerprint density at radius 2 is 2.12 bits per heavy atom. The lowest BCUT2D eigenvalue weighted by Crippen LogP contribution is -2.50. The predicted molar refractivity (Wildman–Crippen MR) is 103 cm³/mol. The molecule has 1 heterocycles. The molecule has 140 valence electrons. The van der Waals surface area contributed by atoms with Crippen LogP contribution in [0.5, 0.6) is 0 Å². The van der Waals surface area contributed by atoms with E-state index in [-0.39, 0.29) is 12.1 Å². The fourth-order valence-corrected chi connectivity index (χ4v) is 6.51. The van der Waals surface area contributed by atoms with E-state index in [0.29, 0.717) is 25.2 Å². The molecule has 0 amide bonds. The lowest BCUT2D eigenvalue weighted by molar-refractivity contribution is 0.0372. The fraction of sp³-hybridized carbons (Fsp3) is 0.778. The number of ether oxygens (including phenoxy) is 1. The van der Waals surface area contributed by atoms with Gasteiger partial charge in [0.2, 0.25) is 0 Å². The number of hydrogen-bond acceptors (Lipinski definition) is 5. The molecule has 0 bridgehead atoms. The predicted octanol–water partition coefficient (Wildman–Crippen LogP) is 2.87. The van der Waals surface area contributed by atoms with Gasteiger partial charge < -0.3 is 14.5 Å². The van der Waals surface area contributed by atoms with Crippen LogP contribution in [-0.2, 0) is 14.0 Å². The van der Waals surface area contributed by atoms with E-state index >= 15 is 0 Å². The molecule has 24 heavy (non-hydrogen) atoms. The molecule has 0 aromatic carbocycles. The molecule has 0 radical (unpaired) electrons. The Morgan fingerprint density at radius 3 is 2.71 bits per heavy atom. The van der Waals surface area contributed by atoms with Gasteiger partial charge in [0.1, 0.15) is 0 Å². The van der Waals surface area contributed by atoms with Crippen molar-refractivity contribution in [3.63, 3.8) is 0 Å². The van der Waals surface area contributed by atoms with E-state index in [9.17, 15) is 0 Å². The second-order valence-corrected chi connectivity index (χ2v) is 12.4. The summed E-state index contributed by atoms with van der Waals surface area (Å²) in [5.74, 6) is 0. The molecule has 5 nitrogen and oxygen atoms in total. The van der Waals surface area contributed by atoms with Gasteiger partial charge in [-0.2, -0.15) is 5.48 Å². The van der Waals surface area contributed by atoms with Crippen LogP contribution in [0.25, 0.3) is 0 Å². The van der Waals surface area contributed by atoms with Gasteiger partial charge in [-0.05, 0) is 30.1 Å². The average molecular weight is 357 g/mol. The molecule has 0 fully saturated rings. The van der Waals surface area contributed by atoms with Gasteiger partial charge in [0.15, 0.2) is 8.32 Å². The van der Waals surface area contributed by atoms with Gasteiger partial charge in [-0.25, -0.2) is 0 Å². The number of hydroxylamine groups is 1. The van der Waals surface area contributed by atoms with Crippen LogP contribution in [0.1, 0.15) is 20.8 Å². The summed E-state index contributed by atoms with van der Waals surface area (Å²) in [5.41, 5.74) is 4.58. The molecule has 0 saturated heterocycles. The van der Waals surface area contributed by atoms with E-state index in [1.807, 2.05) is 0 Å². The van der Waals surface area contributed by atoms with E-state index in [2.05, 4.69) is 57.3 Å². The zero-order valence-electron chi connectivity index (χ0n) is 16.3. The highest BCUT2D eigenvalue weighted by atomic mass is 28.4. The number of methoxy groups -OCH3 is 1. The molecule has 0 aliphatic carbocycles. The molecule has 1 aliphatic heterocycles. The molecule has 1 unspecified atom stereocenters. The molecule has 0 aromatic heterocycles. The van der Waals surface area contributed by atoms with Gasteiger partial charge in [0, 0.05) is 19.7 Å². The van der Waals surface area contributed by atoms with E-state index in [0.717, 1.165) is 12.6 Å². The minimum Gasteiger partial charge on any atom is -0.415 e. The van der Waals surface area contributed by atoms with Crippen molar-refractivity contribution in [3.8, 4) is 0 Å². The third-order valence-corrected chi connectivity index (χ3v) is 6.65. The second kappa shape index (κ2) is 9.84. The molecule has 6 heteroatoms. The van der Waals surface area contributed by atoms with E-state index in [1.54, 1.807) is 13.2 Å². The Morgan fingerprint density at radius 1 is 1.42 bits per heavy atom. The van der Waals surface area contributed by atoms with Crippen LogP contribution in [0.3, 0.4) is 0 Å². The van der Waals surface area contributed by atoms with Crippen LogP contribution in [-0.4, -0.2) is 53.9 Å². The number of hydrogen-bond donors (Lipinski definition) is 2. The van der Waals surface area contributed by atoms with Gasteiger partial charge in [-0.3, -0.25) is 4.84 Å². The average Bonchev–Trinajstić information content (AvgIpc) is 2.45. The molecule has 0 aromatic rings. The summed E-state index contributed by atoms with van der Waals surface area (Å²) in [4.78, 5) is 5.37. The van der Waals surface area contributed by atoms with Crippen molar-refractivity contribution in [2.24, 2.45) is 5.41 Å². The van der Waals surface area contributed by atoms with E-state index in [4.69, 9.17) is 14.0 Å². The summed E-state index contributed by atoms with van der Waals surface area (Å²) in [7, 11) is 0.0596. The number of nitrogens with one attached hydrogen (secondary N) is 2. The molecule has 2 N–H and O–H groups in total. The Hall–Kier alpha value is -0.503. The Kier molecular flexibility index (Phi) is 8.84. The third kappa shape index (κ3) is 8.55. The van der Waals surface area contributed by atoms with Crippen LogP contribution in [0.15, 0.2) is 24.3 Å². The molecular formula is C18H36N2O3Si. The van der Waals surface area contributed by atoms with Crippen molar-refractivity contribution in [1.29, 1.82) is 0 Å². The monoisotopic (exact) mass is 356 g/mol. The first-order chi connectivity index (χ1) is 11.2. The van der Waals surface area contributed by atoms with Crippen molar-refractivity contribution < 1.29 is 14.0 Å². The van der Waals surface area contributed by atoms with Crippen LogP contribution < -0.4 is 10.8 Å². The van der Waals surface area contributed by atoms with Crippen LogP contribution >= 0.6 is 0 Å². The summed E-state index contributed by atoms with van der Waals surface area (Å²) >= 11 is 0. The maximum absolute atomic E-state index is 6.33. The smallest absolute Gasteiger partial charge is 0.187 e. The zero-order chi connectivity index (χ0) is 18.2. The standard InChI is InChI=1S/C18H36N2O3Si/c1-8-9-22-20-17-11-19-16(10-15(17)12-21-5)13-23-24(6,7)14-18(2,3)4/h8,10,16-17,19-20H,1,9,11-14H2,2-7H3/t16?,17-/m1/s1. The molecule has 2 atom stereocenters. The van der Waals surface area contributed by atoms with Gasteiger partial charge in [0.05, 0.1) is 25.9 Å². The maximum atomic E-state index is 6.33. The summed E-state index contributed by atoms with van der Waals surface area (Å²) in [6.07, 6.45) is 3.94. The van der Waals surface area contributed by atoms with Crippen molar-refractivity contribution in [2.45, 2.75) is 52.0 Å². The van der Waals surface area contributed by atoms with Crippen LogP contribution in [0, 0.1) is 5.41 Å². The summed E-state index contributed by atoms with van der Waals surface area (Å²) in [6.45, 7) is 17.7. The van der Waals surface area contributed by atoms with E-state index in [1.165, 1.54) is 5.57 Å². The quantitative estimate of drug-likeness (QED) is 0.273. The van der Waals surface area contributed by atoms with Crippen LogP contribution in [0.4, 0.5) is 0 Å². The second-order valence-electron chi connectivity index (χ2n) is 8.27. The molecular weight excluding hydrogens is 320 g/mol. The highest BCUT2D eigenvalue weighted by molar-refractivity contribution is 6.71. The molecule has 1 aliphatic rings. The Labute approximate surface area is 148 Å². The zero-order valence-corrected chi connectivity index (χ0v) is 17.3. The van der Waals surface area contributed by atoms with Crippen molar-refractivity contribution in [1.82, 2.24) is 10.8 Å². The van der Waals surface area contributed by atoms with Crippen LogP contribution in [0.2, 0.25) is 19.1 Å². The molecule has 0 spiro atoms. The fourth-order valence-electron chi connectivity index (χ4n) is 3.22. The first-order valence-corrected chi connectivity index (χ1v) is 11.8. The lowest BCUT2D eigenvalue weighted by Gasteiger charge is -2.34. The normalized spacial score (nSPS) is 22.3. The maximum Gasteiger partial charge on any atom is 0.187 e. The third-order valence-electron chi connectivity index (χ3n) is 3.79. The number of rotatable bonds is 10. The van der Waals surface area contributed by atoms with Gasteiger partial charge >= 0.3 is 0 Å². The SMILES string of the molecule is C=CCON[C@@H]1CNC(CO[Si](C)(C)CC(C)(C)C)C=C1COC. The topological polar surface area (TPSA) is 51.8 Å². The Balaban J connectivity index is 2.58. The highest BCUT2D eigenvalue weighted by Crippen LogP contribution is 2.28. The first kappa shape index (κ1) is 21.5. The molecule has 1 rings (SSSR count). The Bertz CT molecular complexity index is 419. The molecule has 0 saturated carbocycles. The first-order valence-electron chi connectivity index (χ1n) is 8.72. The van der Waals surface area contributed by atoms with Crippen molar-refractivity contribution >= 4 is 8.32 Å². The highest BCUT2D eigenvalue weighted by Gasteiger charge is 2.31. The summed E-state index contributed by atoms with van der Waals surface area (Å²) < 4.78 is 11.7. The summed E-state index contributed by atoms with van der Waals surface area (Å²) in [6, 6.07) is 1.49. The van der Waals surface area contributed by atoms with E-state index < -0.39 is 8.32 Å². The van der Waals surface area contributed by atoms with Gasteiger partial charge in [0.25, 0.3) is 0 Å². The van der Waals surface area contributed by atoms with Crippen molar-refractivity contribution in [3.05, 3.63) is 24.3 Å². The lowest BCUT2D eigenvalue weighted by atomic mass is 10.0. The van der Waals surface area contributed by atoms with Gasteiger partial charge in [-0.1, -0.05) is 32.9 Å². The minimum atomic E-state index is -1.66.